The molecule has 9 nitrogen and oxygen atoms in total. The van der Waals surface area contributed by atoms with Crippen LogP contribution in [0, 0.1) is 13.8 Å². The second-order valence-corrected chi connectivity index (χ2v) is 12.2. The predicted molar refractivity (Wildman–Crippen MR) is 157 cm³/mol. The lowest BCUT2D eigenvalue weighted by Gasteiger charge is -2.17. The third-order valence-corrected chi connectivity index (χ3v) is 8.99. The lowest BCUT2D eigenvalue weighted by Crippen LogP contribution is -2.15. The van der Waals surface area contributed by atoms with E-state index < -0.39 is 10.0 Å². The third-order valence-electron chi connectivity index (χ3n) is 7.59. The molecule has 4 aromatic rings. The van der Waals surface area contributed by atoms with Gasteiger partial charge in [0, 0.05) is 37.6 Å². The van der Waals surface area contributed by atoms with E-state index in [4.69, 9.17) is 14.2 Å². The van der Waals surface area contributed by atoms with Crippen LogP contribution in [0.3, 0.4) is 0 Å². The topological polar surface area (TPSA) is 116 Å². The van der Waals surface area contributed by atoms with Gasteiger partial charge >= 0.3 is 0 Å². The maximum Gasteiger partial charge on any atom is 0.263 e. The van der Waals surface area contributed by atoms with Gasteiger partial charge in [-0.2, -0.15) is 0 Å². The fraction of sp³-hybridized carbons (Fsp3) is 0.387. The number of fused-ring (bicyclic) bond motifs is 1. The first-order valence-electron chi connectivity index (χ1n) is 14.0. The van der Waals surface area contributed by atoms with E-state index in [1.165, 1.54) is 0 Å². The van der Waals surface area contributed by atoms with Crippen LogP contribution >= 0.6 is 0 Å². The number of methoxy groups -OCH3 is 1. The van der Waals surface area contributed by atoms with Gasteiger partial charge < -0.3 is 13.8 Å². The van der Waals surface area contributed by atoms with Crippen molar-refractivity contribution in [2.45, 2.75) is 77.3 Å². The highest BCUT2D eigenvalue weighted by atomic mass is 32.2. The van der Waals surface area contributed by atoms with E-state index in [0.717, 1.165) is 66.0 Å². The van der Waals surface area contributed by atoms with Gasteiger partial charge in [0.2, 0.25) is 0 Å². The van der Waals surface area contributed by atoms with Gasteiger partial charge in [0.15, 0.2) is 11.6 Å². The smallest absolute Gasteiger partial charge is 0.263 e. The van der Waals surface area contributed by atoms with E-state index in [9.17, 15) is 13.2 Å². The molecule has 0 aliphatic heterocycles. The molecule has 1 aliphatic carbocycles. The summed E-state index contributed by atoms with van der Waals surface area (Å²) in [6.07, 6.45) is 4.96. The average molecular weight is 577 g/mol. The molecule has 0 atom stereocenters. The van der Waals surface area contributed by atoms with E-state index in [-0.39, 0.29) is 23.1 Å². The molecule has 2 aromatic carbocycles. The molecule has 1 N–H and O–H groups in total. The van der Waals surface area contributed by atoms with E-state index in [0.29, 0.717) is 29.9 Å². The largest absolute Gasteiger partial charge is 0.380 e. The van der Waals surface area contributed by atoms with Gasteiger partial charge in [-0.3, -0.25) is 9.52 Å². The number of sulfonamides is 1. The van der Waals surface area contributed by atoms with Gasteiger partial charge in [-0.05, 0) is 62.3 Å². The lowest BCUT2D eigenvalue weighted by molar-refractivity contribution is 0.0973. The Labute approximate surface area is 241 Å². The molecule has 0 fully saturated rings. The molecule has 2 heterocycles. The third kappa shape index (κ3) is 5.85. The molecule has 0 bridgehead atoms. The van der Waals surface area contributed by atoms with Gasteiger partial charge in [-0.15, -0.1) is 0 Å². The number of benzene rings is 2. The van der Waals surface area contributed by atoms with E-state index in [1.54, 1.807) is 39.2 Å². The molecule has 0 amide bonds. The van der Waals surface area contributed by atoms with E-state index in [1.807, 2.05) is 24.3 Å². The minimum absolute atomic E-state index is 0.126. The van der Waals surface area contributed by atoms with Crippen molar-refractivity contribution in [1.82, 2.24) is 14.7 Å². The zero-order chi connectivity index (χ0) is 29.1. The zero-order valence-electron chi connectivity index (χ0n) is 24.0. The summed E-state index contributed by atoms with van der Waals surface area (Å²) < 4.78 is 42.4. The number of carbonyl (C=O) groups is 1. The summed E-state index contributed by atoms with van der Waals surface area (Å²) in [7, 11) is -2.36. The normalized spacial score (nSPS) is 13.7. The van der Waals surface area contributed by atoms with Gasteiger partial charge in [0.05, 0.1) is 17.2 Å². The summed E-state index contributed by atoms with van der Waals surface area (Å²) in [5.41, 5.74) is 5.42. The van der Waals surface area contributed by atoms with Crippen molar-refractivity contribution in [2.24, 2.45) is 0 Å². The zero-order valence-corrected chi connectivity index (χ0v) is 24.8. The molecule has 10 heteroatoms. The monoisotopic (exact) mass is 576 g/mol. The van der Waals surface area contributed by atoms with Crippen molar-refractivity contribution in [1.29, 1.82) is 0 Å². The summed E-state index contributed by atoms with van der Waals surface area (Å²) in [6.45, 7) is 6.39. The number of anilines is 1. The molecule has 216 valence electrons. The lowest BCUT2D eigenvalue weighted by atomic mass is 9.97. The quantitative estimate of drug-likeness (QED) is 0.230. The molecule has 0 unspecified atom stereocenters. The number of ether oxygens (including phenoxy) is 1. The average Bonchev–Trinajstić information content (AvgIpc) is 3.37. The second kappa shape index (κ2) is 12.0. The van der Waals surface area contributed by atoms with Crippen LogP contribution in [0.5, 0.6) is 0 Å². The fourth-order valence-electron chi connectivity index (χ4n) is 5.41. The van der Waals surface area contributed by atoms with Crippen LogP contribution in [0.25, 0.3) is 11.1 Å². The summed E-state index contributed by atoms with van der Waals surface area (Å²) in [5, 5.41) is 3.87. The molecule has 0 spiro atoms. The molecule has 0 saturated heterocycles. The number of nitrogens with zero attached hydrogens (tertiary/aromatic N) is 3. The number of imidazole rings is 1. The Kier molecular flexibility index (Phi) is 8.42. The van der Waals surface area contributed by atoms with Crippen LogP contribution in [0.4, 0.5) is 5.82 Å². The number of aryl methyl sites for hydroxylation is 3. The molecule has 5 rings (SSSR count). The van der Waals surface area contributed by atoms with Crippen LogP contribution in [0.2, 0.25) is 0 Å². The number of carbonyl (C=O) groups excluding carboxylic acids is 1. The summed E-state index contributed by atoms with van der Waals surface area (Å²) in [6, 6.07) is 12.8. The van der Waals surface area contributed by atoms with Crippen LogP contribution in [-0.4, -0.2) is 36.0 Å². The summed E-state index contributed by atoms with van der Waals surface area (Å²) in [5.74, 6) is 1.81. The maximum absolute atomic E-state index is 13.5. The predicted octanol–water partition coefficient (Wildman–Crippen LogP) is 6.01. The van der Waals surface area contributed by atoms with Crippen LogP contribution in [-0.2, 0) is 40.8 Å². The maximum atomic E-state index is 13.5. The Balaban J connectivity index is 1.54. The van der Waals surface area contributed by atoms with Crippen LogP contribution in [0.15, 0.2) is 51.9 Å². The molecular weight excluding hydrogens is 540 g/mol. The number of hydrogen-bond acceptors (Lipinski definition) is 7. The Morgan fingerprint density at radius 3 is 2.59 bits per heavy atom. The minimum Gasteiger partial charge on any atom is -0.380 e. The SMILES string of the molecule is CCCc1nc2c(n1Cc1ccc(-c3ccccc3S(=O)(=O)Nc3noc(C)c3C)c(COC)c1)C(=O)CCCC2. The van der Waals surface area contributed by atoms with Crippen LogP contribution < -0.4 is 4.72 Å². The Morgan fingerprint density at radius 2 is 1.85 bits per heavy atom. The first kappa shape index (κ1) is 28.8. The highest BCUT2D eigenvalue weighted by Crippen LogP contribution is 2.33. The fourth-order valence-corrected chi connectivity index (χ4v) is 6.69. The summed E-state index contributed by atoms with van der Waals surface area (Å²) in [4.78, 5) is 18.1. The number of rotatable bonds is 10. The highest BCUT2D eigenvalue weighted by Gasteiger charge is 2.26. The van der Waals surface area contributed by atoms with Crippen molar-refractivity contribution in [3.8, 4) is 11.1 Å². The summed E-state index contributed by atoms with van der Waals surface area (Å²) >= 11 is 0. The van der Waals surface area contributed by atoms with Crippen molar-refractivity contribution in [3.05, 3.63) is 82.1 Å². The Hall–Kier alpha value is -3.76. The molecular formula is C31H36N4O5S. The first-order valence-corrected chi connectivity index (χ1v) is 15.5. The van der Waals surface area contributed by atoms with E-state index >= 15 is 0 Å². The number of aromatic nitrogens is 3. The number of nitrogens with one attached hydrogen (secondary N) is 1. The molecule has 0 radical (unpaired) electrons. The van der Waals surface area contributed by atoms with Gasteiger partial charge in [-0.1, -0.05) is 48.5 Å². The highest BCUT2D eigenvalue weighted by molar-refractivity contribution is 7.92. The number of Topliss-reactive ketones (excluding diaryl/α,β-unsaturated/α-hetero) is 1. The van der Waals surface area contributed by atoms with E-state index in [2.05, 4.69) is 21.4 Å². The van der Waals surface area contributed by atoms with Crippen molar-refractivity contribution in [2.75, 3.05) is 11.8 Å². The standard InChI is InChI=1S/C31H36N4O5S/c1-5-10-29-32-26-12-7-8-13-27(36)30(26)35(29)18-22-15-16-24(23(17-22)19-39-4)25-11-6-9-14-28(25)41(37,38)34-31-20(2)21(3)40-33-31/h6,9,11,14-17H,5,7-8,10,12-13,18-19H2,1-4H3,(H,33,34). The number of hydrogen-bond donors (Lipinski definition) is 1. The first-order chi connectivity index (χ1) is 19.7. The van der Waals surface area contributed by atoms with Gasteiger partial charge in [-0.25, -0.2) is 13.4 Å². The molecule has 1 aliphatic rings. The Morgan fingerprint density at radius 1 is 1.07 bits per heavy atom. The van der Waals surface area contributed by atoms with Gasteiger partial charge in [0.25, 0.3) is 10.0 Å². The molecule has 41 heavy (non-hydrogen) atoms. The minimum atomic E-state index is -3.98. The number of ketones is 1. The molecule has 0 saturated carbocycles. The van der Waals surface area contributed by atoms with Crippen LogP contribution in [0.1, 0.15) is 77.1 Å². The van der Waals surface area contributed by atoms with Gasteiger partial charge in [0.1, 0.15) is 17.3 Å². The van der Waals surface area contributed by atoms with Crippen molar-refractivity contribution in [3.63, 3.8) is 0 Å². The molecule has 2 aromatic heterocycles. The second-order valence-electron chi connectivity index (χ2n) is 10.5. The Bertz CT molecular complexity index is 1690. The van der Waals surface area contributed by atoms with Crippen molar-refractivity contribution < 1.29 is 22.5 Å². The van der Waals surface area contributed by atoms with Crippen molar-refractivity contribution >= 4 is 21.6 Å².